The highest BCUT2D eigenvalue weighted by Gasteiger charge is 2.21. The fourth-order valence-electron chi connectivity index (χ4n) is 3.86. The maximum absolute atomic E-state index is 12.7. The molecular weight excluding hydrogens is 384 g/mol. The van der Waals surface area contributed by atoms with Gasteiger partial charge in [0.15, 0.2) is 0 Å². The predicted molar refractivity (Wildman–Crippen MR) is 117 cm³/mol. The molecule has 0 spiro atoms. The maximum atomic E-state index is 12.7. The van der Waals surface area contributed by atoms with Gasteiger partial charge in [-0.25, -0.2) is 8.42 Å². The average molecular weight is 415 g/mol. The zero-order chi connectivity index (χ0) is 20.7. The summed E-state index contributed by atoms with van der Waals surface area (Å²) in [5.41, 5.74) is 1.06. The lowest BCUT2D eigenvalue weighted by Gasteiger charge is -2.19. The predicted octanol–water partition coefficient (Wildman–Crippen LogP) is 4.60. The van der Waals surface area contributed by atoms with Crippen LogP contribution in [0.25, 0.3) is 0 Å². The highest BCUT2D eigenvalue weighted by Crippen LogP contribution is 2.25. The third-order valence-corrected chi connectivity index (χ3v) is 7.51. The smallest absolute Gasteiger partial charge is 0.264 e. The van der Waals surface area contributed by atoms with E-state index in [1.165, 1.54) is 49.9 Å². The number of nitrogens with one attached hydrogen (secondary N) is 1. The lowest BCUT2D eigenvalue weighted by atomic mass is 9.97. The molecule has 1 aliphatic carbocycles. The van der Waals surface area contributed by atoms with Crippen LogP contribution in [0.15, 0.2) is 59.5 Å². The normalized spacial score (nSPS) is 15.5. The van der Waals surface area contributed by atoms with Crippen molar-refractivity contribution < 1.29 is 13.2 Å². The molecule has 5 nitrogen and oxygen atoms in total. The van der Waals surface area contributed by atoms with E-state index < -0.39 is 10.0 Å². The van der Waals surface area contributed by atoms with E-state index in [2.05, 4.69) is 5.32 Å². The Morgan fingerprint density at radius 3 is 2.21 bits per heavy atom. The third kappa shape index (κ3) is 5.60. The molecule has 1 saturated carbocycles. The number of hydrogen-bond donors (Lipinski definition) is 1. The molecule has 6 heteroatoms. The average Bonchev–Trinajstić information content (AvgIpc) is 3.03. The maximum Gasteiger partial charge on any atom is 0.264 e. The van der Waals surface area contributed by atoms with Crippen LogP contribution in [0.2, 0.25) is 0 Å². The van der Waals surface area contributed by atoms with Crippen LogP contribution in [-0.2, 0) is 10.0 Å². The minimum atomic E-state index is -3.62. The summed E-state index contributed by atoms with van der Waals surface area (Å²) >= 11 is 0. The zero-order valence-corrected chi connectivity index (χ0v) is 17.8. The van der Waals surface area contributed by atoms with Crippen LogP contribution in [-0.4, -0.2) is 27.9 Å². The van der Waals surface area contributed by atoms with Crippen LogP contribution >= 0.6 is 0 Å². The molecule has 2 aromatic rings. The Hall–Kier alpha value is -2.34. The van der Waals surface area contributed by atoms with E-state index in [-0.39, 0.29) is 10.8 Å². The van der Waals surface area contributed by atoms with Crippen molar-refractivity contribution in [3.8, 4) is 0 Å². The molecule has 0 atom stereocenters. The van der Waals surface area contributed by atoms with Gasteiger partial charge in [0.2, 0.25) is 0 Å². The van der Waals surface area contributed by atoms with Crippen molar-refractivity contribution in [1.29, 1.82) is 0 Å². The van der Waals surface area contributed by atoms with Crippen molar-refractivity contribution >= 4 is 21.6 Å². The van der Waals surface area contributed by atoms with Gasteiger partial charge >= 0.3 is 0 Å². The van der Waals surface area contributed by atoms with E-state index in [1.54, 1.807) is 54.6 Å². The van der Waals surface area contributed by atoms with Crippen molar-refractivity contribution in [3.63, 3.8) is 0 Å². The number of anilines is 1. The molecule has 0 unspecified atom stereocenters. The minimum Gasteiger partial charge on any atom is -0.352 e. The summed E-state index contributed by atoms with van der Waals surface area (Å²) < 4.78 is 26.7. The summed E-state index contributed by atoms with van der Waals surface area (Å²) in [4.78, 5) is 12.6. The Kier molecular flexibility index (Phi) is 7.31. The van der Waals surface area contributed by atoms with E-state index in [1.807, 2.05) is 0 Å². The molecule has 1 aliphatic rings. The largest absolute Gasteiger partial charge is 0.352 e. The van der Waals surface area contributed by atoms with Crippen LogP contribution in [0, 0.1) is 5.92 Å². The number of nitrogens with zero attached hydrogens (tertiary/aromatic N) is 1. The summed E-state index contributed by atoms with van der Waals surface area (Å²) in [5, 5.41) is 3.00. The number of hydrogen-bond acceptors (Lipinski definition) is 3. The second kappa shape index (κ2) is 9.92. The highest BCUT2D eigenvalue weighted by atomic mass is 32.2. The van der Waals surface area contributed by atoms with Crippen LogP contribution in [0.3, 0.4) is 0 Å². The molecule has 1 N–H and O–H groups in total. The molecule has 0 heterocycles. The zero-order valence-electron chi connectivity index (χ0n) is 17.0. The van der Waals surface area contributed by atoms with E-state index >= 15 is 0 Å². The summed E-state index contributed by atoms with van der Waals surface area (Å²) in [5.74, 6) is 0.607. The molecule has 0 aliphatic heterocycles. The van der Waals surface area contributed by atoms with Crippen molar-refractivity contribution in [2.45, 2.75) is 49.8 Å². The van der Waals surface area contributed by atoms with Crippen molar-refractivity contribution in [2.24, 2.45) is 5.92 Å². The first-order chi connectivity index (χ1) is 14.0. The Labute approximate surface area is 174 Å². The monoisotopic (exact) mass is 414 g/mol. The number of sulfonamides is 1. The van der Waals surface area contributed by atoms with Crippen LogP contribution in [0.1, 0.15) is 55.3 Å². The molecule has 0 radical (unpaired) electrons. The first-order valence-electron chi connectivity index (χ1n) is 10.4. The molecule has 156 valence electrons. The molecule has 3 rings (SSSR count). The number of carbonyl (C=O) groups excluding carboxylic acids is 1. The van der Waals surface area contributed by atoms with Gasteiger partial charge in [0, 0.05) is 19.2 Å². The first kappa shape index (κ1) is 21.4. The quantitative estimate of drug-likeness (QED) is 0.673. The topological polar surface area (TPSA) is 66.5 Å². The van der Waals surface area contributed by atoms with Crippen molar-refractivity contribution in [2.75, 3.05) is 17.9 Å². The summed E-state index contributed by atoms with van der Waals surface area (Å²) in [7, 11) is -2.10. The number of amides is 1. The molecule has 1 fully saturated rings. The van der Waals surface area contributed by atoms with Crippen LogP contribution < -0.4 is 9.62 Å². The van der Waals surface area contributed by atoms with Crippen LogP contribution in [0.4, 0.5) is 5.69 Å². The Morgan fingerprint density at radius 1 is 0.966 bits per heavy atom. The summed E-state index contributed by atoms with van der Waals surface area (Å²) in [6, 6.07) is 15.0. The van der Waals surface area contributed by atoms with Gasteiger partial charge in [-0.15, -0.1) is 0 Å². The summed E-state index contributed by atoms with van der Waals surface area (Å²) in [6.45, 7) is 0.688. The van der Waals surface area contributed by atoms with E-state index in [4.69, 9.17) is 0 Å². The van der Waals surface area contributed by atoms with Crippen LogP contribution in [0.5, 0.6) is 0 Å². The van der Waals surface area contributed by atoms with E-state index in [0.717, 1.165) is 12.3 Å². The standard InChI is InChI=1S/C23H30N2O3S/c1-25(29(27,28)22-11-7-4-8-12-22)21-15-13-20(14-16-21)23(26)24-18-17-19-9-5-2-3-6-10-19/h4,7-8,11-16,19H,2-3,5-6,9-10,17-18H2,1H3,(H,24,26). The number of benzene rings is 2. The lowest BCUT2D eigenvalue weighted by Crippen LogP contribution is -2.27. The van der Waals surface area contributed by atoms with Gasteiger partial charge in [-0.05, 0) is 48.7 Å². The lowest BCUT2D eigenvalue weighted by molar-refractivity contribution is 0.0951. The third-order valence-electron chi connectivity index (χ3n) is 5.71. The first-order valence-corrected chi connectivity index (χ1v) is 11.8. The Bertz CT molecular complexity index is 887. The van der Waals surface area contributed by atoms with Gasteiger partial charge < -0.3 is 5.32 Å². The minimum absolute atomic E-state index is 0.112. The fourth-order valence-corrected chi connectivity index (χ4v) is 5.07. The molecular formula is C23H30N2O3S. The molecule has 2 aromatic carbocycles. The molecule has 29 heavy (non-hydrogen) atoms. The molecule has 0 bridgehead atoms. The highest BCUT2D eigenvalue weighted by molar-refractivity contribution is 7.92. The second-order valence-corrected chi connectivity index (χ2v) is 9.70. The Morgan fingerprint density at radius 2 is 1.59 bits per heavy atom. The van der Waals surface area contributed by atoms with Gasteiger partial charge in [0.1, 0.15) is 0 Å². The molecule has 0 saturated heterocycles. The van der Waals surface area contributed by atoms with Gasteiger partial charge in [-0.1, -0.05) is 56.7 Å². The number of carbonyl (C=O) groups is 1. The van der Waals surface area contributed by atoms with Gasteiger partial charge in [0.25, 0.3) is 15.9 Å². The Balaban J connectivity index is 1.57. The number of rotatable bonds is 7. The second-order valence-electron chi connectivity index (χ2n) is 7.73. The van der Waals surface area contributed by atoms with Gasteiger partial charge in [-0.2, -0.15) is 0 Å². The van der Waals surface area contributed by atoms with E-state index in [9.17, 15) is 13.2 Å². The summed E-state index contributed by atoms with van der Waals surface area (Å²) in [6.07, 6.45) is 8.85. The van der Waals surface area contributed by atoms with E-state index in [0.29, 0.717) is 17.8 Å². The van der Waals surface area contributed by atoms with Crippen molar-refractivity contribution in [1.82, 2.24) is 5.32 Å². The SMILES string of the molecule is CN(c1ccc(C(=O)NCCC2CCCCCC2)cc1)S(=O)(=O)c1ccccc1. The van der Waals surface area contributed by atoms with Crippen molar-refractivity contribution in [3.05, 3.63) is 60.2 Å². The molecule has 1 amide bonds. The van der Waals surface area contributed by atoms with Gasteiger partial charge in [-0.3, -0.25) is 9.10 Å². The molecule has 0 aromatic heterocycles. The fraction of sp³-hybridized carbons (Fsp3) is 0.435. The van der Waals surface area contributed by atoms with Gasteiger partial charge in [0.05, 0.1) is 10.6 Å².